The molecule has 0 atom stereocenters. The van der Waals surface area contributed by atoms with Gasteiger partial charge in [-0.15, -0.1) is 12.4 Å². The van der Waals surface area contributed by atoms with Crippen LogP contribution in [0.2, 0.25) is 0 Å². The maximum Gasteiger partial charge on any atom is 0.250 e. The summed E-state index contributed by atoms with van der Waals surface area (Å²) >= 11 is 3.39. The molecule has 0 radical (unpaired) electrons. The Bertz CT molecular complexity index is 1300. The molecule has 0 saturated carbocycles. The molecule has 2 aromatic carbocycles. The Labute approximate surface area is 221 Å². The Morgan fingerprint density at radius 3 is 2.47 bits per heavy atom. The van der Waals surface area contributed by atoms with Crippen LogP contribution in [0.25, 0.3) is 0 Å². The largest absolute Gasteiger partial charge is 0.504 e. The monoisotopic (exact) mass is 575 g/mol. The third kappa shape index (κ3) is 6.99. The first-order valence-electron chi connectivity index (χ1n) is 10.3. The number of phenolic OH excluding ortho intramolecular Hbond substituents is 1. The lowest BCUT2D eigenvalue weighted by Crippen LogP contribution is -2.09. The summed E-state index contributed by atoms with van der Waals surface area (Å²) < 4.78 is 16.3. The number of methoxy groups -OCH3 is 2. The summed E-state index contributed by atoms with van der Waals surface area (Å²) in [5, 5.41) is 20.3. The second-order valence-electron chi connectivity index (χ2n) is 7.01. The highest BCUT2D eigenvalue weighted by molar-refractivity contribution is 9.10. The number of aromatic hydroxyl groups is 1. The molecule has 36 heavy (non-hydrogen) atoms. The van der Waals surface area contributed by atoms with Crippen LogP contribution in [0, 0.1) is 0 Å². The average Bonchev–Trinajstić information content (AvgIpc) is 3.38. The van der Waals surface area contributed by atoms with E-state index in [1.165, 1.54) is 13.2 Å². The molecule has 0 unspecified atom stereocenters. The van der Waals surface area contributed by atoms with E-state index in [4.69, 9.17) is 13.9 Å². The molecule has 0 amide bonds. The summed E-state index contributed by atoms with van der Waals surface area (Å²) in [6.07, 6.45) is 3.14. The van der Waals surface area contributed by atoms with E-state index in [-0.39, 0.29) is 24.1 Å². The van der Waals surface area contributed by atoms with Crippen molar-refractivity contribution in [1.29, 1.82) is 0 Å². The lowest BCUT2D eigenvalue weighted by Gasteiger charge is -2.10. The average molecular weight is 577 g/mol. The van der Waals surface area contributed by atoms with Gasteiger partial charge in [0.1, 0.15) is 11.5 Å². The number of nitrogens with zero attached hydrogens (tertiary/aromatic N) is 4. The van der Waals surface area contributed by atoms with Crippen LogP contribution in [0.15, 0.2) is 68.8 Å². The van der Waals surface area contributed by atoms with Crippen LogP contribution in [0.3, 0.4) is 0 Å². The Morgan fingerprint density at radius 2 is 1.78 bits per heavy atom. The number of hydrogen-bond acceptors (Lipinski definition) is 11. The van der Waals surface area contributed by atoms with Crippen LogP contribution >= 0.6 is 28.3 Å². The number of hydrazone groups is 1. The highest BCUT2D eigenvalue weighted by Crippen LogP contribution is 2.31. The van der Waals surface area contributed by atoms with Gasteiger partial charge in [0.2, 0.25) is 17.8 Å². The van der Waals surface area contributed by atoms with Crippen molar-refractivity contribution in [2.24, 2.45) is 5.10 Å². The number of halogens is 2. The lowest BCUT2D eigenvalue weighted by atomic mass is 10.2. The van der Waals surface area contributed by atoms with Crippen LogP contribution in [-0.4, -0.2) is 40.5 Å². The van der Waals surface area contributed by atoms with Gasteiger partial charge in [-0.1, -0.05) is 0 Å². The first-order chi connectivity index (χ1) is 17.0. The van der Waals surface area contributed by atoms with Crippen LogP contribution < -0.4 is 25.5 Å². The minimum Gasteiger partial charge on any atom is -0.504 e. The predicted octanol–water partition coefficient (Wildman–Crippen LogP) is 5.17. The topological polar surface area (TPSA) is 139 Å². The summed E-state index contributed by atoms with van der Waals surface area (Å²) in [7, 11) is 3.08. The quantitative estimate of drug-likeness (QED) is 0.148. The van der Waals surface area contributed by atoms with Crippen molar-refractivity contribution in [2.45, 2.75) is 6.54 Å². The van der Waals surface area contributed by atoms with Gasteiger partial charge >= 0.3 is 0 Å². The molecule has 4 rings (SSSR count). The zero-order chi connectivity index (χ0) is 24.6. The Hall–Kier alpha value is -4.03. The van der Waals surface area contributed by atoms with Gasteiger partial charge in [0.05, 0.1) is 33.2 Å². The van der Waals surface area contributed by atoms with Gasteiger partial charge in [-0.3, -0.25) is 0 Å². The summed E-state index contributed by atoms with van der Waals surface area (Å²) in [4.78, 5) is 13.2. The second-order valence-corrected chi connectivity index (χ2v) is 7.86. The Morgan fingerprint density at radius 1 is 1.03 bits per heavy atom. The fourth-order valence-corrected chi connectivity index (χ4v) is 3.36. The molecule has 0 aliphatic rings. The van der Waals surface area contributed by atoms with Gasteiger partial charge < -0.3 is 29.6 Å². The van der Waals surface area contributed by atoms with Crippen LogP contribution in [0.1, 0.15) is 11.3 Å². The van der Waals surface area contributed by atoms with E-state index < -0.39 is 0 Å². The maximum atomic E-state index is 9.88. The standard InChI is InChI=1S/C23H22BrN7O4.ClH/c1-33-16-7-5-15(6-8-16)27-22-28-21(25-13-17-4-3-9-35-17)29-23(30-22)31-26-12-14-10-20(34-2)19(32)11-18(14)24;/h3-12,32H,13H2,1-2H3,(H3,25,27,28,29,30,31);1H. The highest BCUT2D eigenvalue weighted by atomic mass is 79.9. The zero-order valence-electron chi connectivity index (χ0n) is 19.2. The van der Waals surface area contributed by atoms with Gasteiger partial charge in [-0.25, -0.2) is 5.43 Å². The van der Waals surface area contributed by atoms with Crippen molar-refractivity contribution >= 4 is 58.1 Å². The van der Waals surface area contributed by atoms with Gasteiger partial charge in [0, 0.05) is 15.7 Å². The number of benzene rings is 2. The number of hydrogen-bond donors (Lipinski definition) is 4. The summed E-state index contributed by atoms with van der Waals surface area (Å²) in [5.74, 6) is 2.63. The van der Waals surface area contributed by atoms with Crippen molar-refractivity contribution in [3.63, 3.8) is 0 Å². The first kappa shape index (κ1) is 26.6. The smallest absolute Gasteiger partial charge is 0.250 e. The molecule has 0 spiro atoms. The predicted molar refractivity (Wildman–Crippen MR) is 143 cm³/mol. The van der Waals surface area contributed by atoms with E-state index in [2.05, 4.69) is 52.0 Å². The number of rotatable bonds is 10. The third-order valence-corrected chi connectivity index (χ3v) is 5.34. The summed E-state index contributed by atoms with van der Waals surface area (Å²) in [6.45, 7) is 0.391. The van der Waals surface area contributed by atoms with Crippen LogP contribution in [0.5, 0.6) is 17.2 Å². The summed E-state index contributed by atoms with van der Waals surface area (Å²) in [6, 6.07) is 14.2. The van der Waals surface area contributed by atoms with Crippen LogP contribution in [0.4, 0.5) is 23.5 Å². The minimum atomic E-state index is 0. The van der Waals surface area contributed by atoms with Gasteiger partial charge in [0.15, 0.2) is 11.5 Å². The van der Waals surface area contributed by atoms with Crippen LogP contribution in [-0.2, 0) is 6.54 Å². The molecule has 2 heterocycles. The zero-order valence-corrected chi connectivity index (χ0v) is 21.6. The van der Waals surface area contributed by atoms with E-state index >= 15 is 0 Å². The third-order valence-electron chi connectivity index (χ3n) is 4.65. The normalized spacial score (nSPS) is 10.5. The first-order valence-corrected chi connectivity index (χ1v) is 11.1. The highest BCUT2D eigenvalue weighted by Gasteiger charge is 2.09. The molecular weight excluding hydrogens is 554 g/mol. The van der Waals surface area contributed by atoms with Gasteiger partial charge in [0.25, 0.3) is 0 Å². The number of anilines is 4. The molecule has 0 bridgehead atoms. The van der Waals surface area contributed by atoms with E-state index in [1.54, 1.807) is 31.7 Å². The Kier molecular flexibility index (Phi) is 9.31. The molecule has 0 aliphatic heterocycles. The van der Waals surface area contributed by atoms with E-state index in [0.29, 0.717) is 34.2 Å². The molecule has 0 saturated heterocycles. The second kappa shape index (κ2) is 12.6. The van der Waals surface area contributed by atoms with E-state index in [9.17, 15) is 5.11 Å². The maximum absolute atomic E-state index is 9.88. The van der Waals surface area contributed by atoms with Crippen molar-refractivity contribution < 1.29 is 19.0 Å². The molecule has 2 aromatic heterocycles. The van der Waals surface area contributed by atoms with E-state index in [0.717, 1.165) is 17.2 Å². The fraction of sp³-hybridized carbons (Fsp3) is 0.130. The molecule has 4 N–H and O–H groups in total. The number of phenols is 1. The Balaban J connectivity index is 0.00000361. The number of ether oxygens (including phenoxy) is 2. The SMILES string of the molecule is COc1ccc(Nc2nc(NCc3ccco3)nc(NN=Cc3cc(OC)c(O)cc3Br)n2)cc1.Cl. The van der Waals surface area contributed by atoms with Crippen molar-refractivity contribution in [1.82, 2.24) is 15.0 Å². The van der Waals surface area contributed by atoms with Crippen molar-refractivity contribution in [2.75, 3.05) is 30.3 Å². The number of nitrogens with one attached hydrogen (secondary N) is 3. The lowest BCUT2D eigenvalue weighted by molar-refractivity contribution is 0.373. The van der Waals surface area contributed by atoms with Crippen molar-refractivity contribution in [3.8, 4) is 17.2 Å². The molecule has 0 fully saturated rings. The summed E-state index contributed by atoms with van der Waals surface area (Å²) in [5.41, 5.74) is 4.25. The molecular formula is C23H23BrClN7O4. The van der Waals surface area contributed by atoms with Crippen molar-refractivity contribution in [3.05, 3.63) is 70.6 Å². The molecule has 188 valence electrons. The number of furan rings is 1. The number of aromatic nitrogens is 3. The molecule has 0 aliphatic carbocycles. The fourth-order valence-electron chi connectivity index (χ4n) is 2.92. The molecule has 13 heteroatoms. The minimum absolute atomic E-state index is 0. The van der Waals surface area contributed by atoms with Gasteiger partial charge in [-0.05, 0) is 64.5 Å². The van der Waals surface area contributed by atoms with Gasteiger partial charge in [-0.2, -0.15) is 20.1 Å². The van der Waals surface area contributed by atoms with E-state index in [1.807, 2.05) is 30.3 Å². The molecule has 11 nitrogen and oxygen atoms in total. The molecule has 4 aromatic rings.